The number of nitrogens with zero attached hydrogens (tertiary/aromatic N) is 2. The molecule has 0 aromatic heterocycles. The molecule has 2 rings (SSSR count). The molecule has 1 aromatic carbocycles. The molecule has 1 heterocycles. The highest BCUT2D eigenvalue weighted by Crippen LogP contribution is 2.25. The van der Waals surface area contributed by atoms with Crippen LogP contribution in [-0.4, -0.2) is 68.5 Å². The fourth-order valence-corrected chi connectivity index (χ4v) is 3.90. The molecular formula is C14H20N2O5S. The lowest BCUT2D eigenvalue weighted by Gasteiger charge is -2.33. The van der Waals surface area contributed by atoms with Crippen LogP contribution in [-0.2, 0) is 10.0 Å². The lowest BCUT2D eigenvalue weighted by atomic mass is 10.2. The van der Waals surface area contributed by atoms with E-state index in [1.807, 2.05) is 6.92 Å². The summed E-state index contributed by atoms with van der Waals surface area (Å²) in [6, 6.07) is 3.91. The largest absolute Gasteiger partial charge is 0.496 e. The first-order valence-corrected chi connectivity index (χ1v) is 8.48. The van der Waals surface area contributed by atoms with Crippen LogP contribution in [0.3, 0.4) is 0 Å². The average Bonchev–Trinajstić information content (AvgIpc) is 2.54. The van der Waals surface area contributed by atoms with Crippen molar-refractivity contribution in [1.82, 2.24) is 9.21 Å². The number of carboxylic acid groups (broad SMARTS) is 1. The molecular weight excluding hydrogens is 308 g/mol. The standard InChI is InChI=1S/C14H20N2O5S/c1-3-15-6-8-16(9-7-15)22(19,20)11-4-5-13(21-2)12(10-11)14(17)18/h4-5,10H,3,6-9H2,1-2H3,(H,17,18). The normalized spacial score (nSPS) is 17.4. The Bertz CT molecular complexity index is 651. The van der Waals surface area contributed by atoms with Crippen LogP contribution in [0.15, 0.2) is 23.1 Å². The van der Waals surface area contributed by atoms with Gasteiger partial charge in [-0.1, -0.05) is 6.92 Å². The van der Waals surface area contributed by atoms with Gasteiger partial charge in [0.2, 0.25) is 10.0 Å². The van der Waals surface area contributed by atoms with Crippen molar-refractivity contribution in [3.8, 4) is 5.75 Å². The van der Waals surface area contributed by atoms with Gasteiger partial charge in [0.05, 0.1) is 12.0 Å². The van der Waals surface area contributed by atoms with Gasteiger partial charge in [0.15, 0.2) is 0 Å². The number of carboxylic acids is 1. The Hall–Kier alpha value is -1.64. The number of sulfonamides is 1. The van der Waals surface area contributed by atoms with E-state index in [1.165, 1.54) is 23.5 Å². The smallest absolute Gasteiger partial charge is 0.339 e. The third-order valence-electron chi connectivity index (χ3n) is 3.82. The van der Waals surface area contributed by atoms with Crippen molar-refractivity contribution >= 4 is 16.0 Å². The van der Waals surface area contributed by atoms with Crippen molar-refractivity contribution in [3.63, 3.8) is 0 Å². The first-order chi connectivity index (χ1) is 10.4. The van der Waals surface area contributed by atoms with E-state index in [-0.39, 0.29) is 16.2 Å². The summed E-state index contributed by atoms with van der Waals surface area (Å²) in [6.45, 7) is 5.09. The van der Waals surface area contributed by atoms with E-state index in [0.717, 1.165) is 12.6 Å². The quantitative estimate of drug-likeness (QED) is 0.857. The fourth-order valence-electron chi connectivity index (χ4n) is 2.45. The lowest BCUT2D eigenvalue weighted by Crippen LogP contribution is -2.48. The second kappa shape index (κ2) is 6.64. The SMILES string of the molecule is CCN1CCN(S(=O)(=O)c2ccc(OC)c(C(=O)O)c2)CC1. The maximum absolute atomic E-state index is 12.6. The van der Waals surface area contributed by atoms with Gasteiger partial charge in [-0.3, -0.25) is 0 Å². The number of aromatic carboxylic acids is 1. The predicted molar refractivity (Wildman–Crippen MR) is 80.8 cm³/mol. The number of methoxy groups -OCH3 is 1. The van der Waals surface area contributed by atoms with Gasteiger partial charge < -0.3 is 14.7 Å². The number of carbonyl (C=O) groups is 1. The Morgan fingerprint density at radius 3 is 2.41 bits per heavy atom. The molecule has 0 bridgehead atoms. The molecule has 0 spiro atoms. The van der Waals surface area contributed by atoms with Gasteiger partial charge in [-0.25, -0.2) is 13.2 Å². The summed E-state index contributed by atoms with van der Waals surface area (Å²) >= 11 is 0. The van der Waals surface area contributed by atoms with Crippen LogP contribution in [0.4, 0.5) is 0 Å². The highest BCUT2D eigenvalue weighted by atomic mass is 32.2. The molecule has 0 radical (unpaired) electrons. The number of ether oxygens (including phenoxy) is 1. The fraction of sp³-hybridized carbons (Fsp3) is 0.500. The average molecular weight is 328 g/mol. The van der Waals surface area contributed by atoms with Crippen molar-refractivity contribution in [2.45, 2.75) is 11.8 Å². The third kappa shape index (κ3) is 3.23. The van der Waals surface area contributed by atoms with E-state index in [0.29, 0.717) is 26.2 Å². The topological polar surface area (TPSA) is 87.2 Å². The number of rotatable bonds is 5. The Morgan fingerprint density at radius 1 is 1.27 bits per heavy atom. The van der Waals surface area contributed by atoms with E-state index in [1.54, 1.807) is 0 Å². The highest BCUT2D eigenvalue weighted by Gasteiger charge is 2.29. The van der Waals surface area contributed by atoms with Gasteiger partial charge >= 0.3 is 5.97 Å². The lowest BCUT2D eigenvalue weighted by molar-refractivity contribution is 0.0693. The molecule has 0 atom stereocenters. The molecule has 1 fully saturated rings. The number of hydrogen-bond donors (Lipinski definition) is 1. The second-order valence-electron chi connectivity index (χ2n) is 5.01. The predicted octanol–water partition coefficient (Wildman–Crippen LogP) is 0.720. The van der Waals surface area contributed by atoms with Gasteiger partial charge in [0, 0.05) is 26.2 Å². The number of hydrogen-bond acceptors (Lipinski definition) is 5. The molecule has 7 nitrogen and oxygen atoms in total. The third-order valence-corrected chi connectivity index (χ3v) is 5.71. The molecule has 1 aliphatic rings. The number of likely N-dealkylation sites (N-methyl/N-ethyl adjacent to an activating group) is 1. The summed E-state index contributed by atoms with van der Waals surface area (Å²) in [5.74, 6) is -1.08. The molecule has 0 aliphatic carbocycles. The van der Waals surface area contributed by atoms with E-state index in [9.17, 15) is 13.2 Å². The van der Waals surface area contributed by atoms with E-state index in [4.69, 9.17) is 9.84 Å². The minimum Gasteiger partial charge on any atom is -0.496 e. The van der Waals surface area contributed by atoms with E-state index in [2.05, 4.69) is 4.90 Å². The van der Waals surface area contributed by atoms with Crippen molar-refractivity contribution < 1.29 is 23.1 Å². The monoisotopic (exact) mass is 328 g/mol. The van der Waals surface area contributed by atoms with Gasteiger partial charge in [0.1, 0.15) is 11.3 Å². The van der Waals surface area contributed by atoms with Gasteiger partial charge in [-0.15, -0.1) is 0 Å². The Morgan fingerprint density at radius 2 is 1.91 bits per heavy atom. The number of piperazine rings is 1. The Kier molecular flexibility index (Phi) is 5.05. The van der Waals surface area contributed by atoms with Gasteiger partial charge in [0.25, 0.3) is 0 Å². The van der Waals surface area contributed by atoms with Crippen LogP contribution in [0.25, 0.3) is 0 Å². The second-order valence-corrected chi connectivity index (χ2v) is 6.94. The molecule has 0 unspecified atom stereocenters. The van der Waals surface area contributed by atoms with Crippen molar-refractivity contribution in [2.24, 2.45) is 0 Å². The van der Waals surface area contributed by atoms with Crippen LogP contribution in [0, 0.1) is 0 Å². The zero-order valence-electron chi connectivity index (χ0n) is 12.7. The summed E-state index contributed by atoms with van der Waals surface area (Å²) < 4.78 is 31.6. The van der Waals surface area contributed by atoms with Crippen LogP contribution < -0.4 is 4.74 Å². The molecule has 0 saturated carbocycles. The van der Waals surface area contributed by atoms with Crippen molar-refractivity contribution in [2.75, 3.05) is 39.8 Å². The molecule has 1 aliphatic heterocycles. The zero-order chi connectivity index (χ0) is 16.3. The molecule has 1 saturated heterocycles. The summed E-state index contributed by atoms with van der Waals surface area (Å²) in [5.41, 5.74) is -0.157. The highest BCUT2D eigenvalue weighted by molar-refractivity contribution is 7.89. The molecule has 1 N–H and O–H groups in total. The van der Waals surface area contributed by atoms with Crippen molar-refractivity contribution in [1.29, 1.82) is 0 Å². The van der Waals surface area contributed by atoms with E-state index < -0.39 is 16.0 Å². The summed E-state index contributed by atoms with van der Waals surface area (Å²) in [7, 11) is -2.34. The molecule has 122 valence electrons. The molecule has 1 aromatic rings. The van der Waals surface area contributed by atoms with Crippen LogP contribution in [0.1, 0.15) is 17.3 Å². The Balaban J connectivity index is 2.30. The maximum Gasteiger partial charge on any atom is 0.339 e. The zero-order valence-corrected chi connectivity index (χ0v) is 13.5. The summed E-state index contributed by atoms with van der Waals surface area (Å²) in [5, 5.41) is 9.17. The first kappa shape index (κ1) is 16.7. The van der Waals surface area contributed by atoms with Gasteiger partial charge in [-0.2, -0.15) is 4.31 Å². The van der Waals surface area contributed by atoms with Crippen molar-refractivity contribution in [3.05, 3.63) is 23.8 Å². The first-order valence-electron chi connectivity index (χ1n) is 7.04. The van der Waals surface area contributed by atoms with Gasteiger partial charge in [-0.05, 0) is 24.7 Å². The van der Waals surface area contributed by atoms with Crippen LogP contribution in [0.2, 0.25) is 0 Å². The molecule has 22 heavy (non-hydrogen) atoms. The molecule has 8 heteroatoms. The Labute approximate surface area is 130 Å². The minimum atomic E-state index is -3.69. The van der Waals surface area contributed by atoms with Crippen LogP contribution >= 0.6 is 0 Å². The number of benzene rings is 1. The van der Waals surface area contributed by atoms with Crippen LogP contribution in [0.5, 0.6) is 5.75 Å². The summed E-state index contributed by atoms with van der Waals surface area (Å²) in [4.78, 5) is 13.4. The maximum atomic E-state index is 12.6. The minimum absolute atomic E-state index is 0.0179. The summed E-state index contributed by atoms with van der Waals surface area (Å²) in [6.07, 6.45) is 0. The van der Waals surface area contributed by atoms with E-state index >= 15 is 0 Å². The molecule has 0 amide bonds.